The van der Waals surface area contributed by atoms with Crippen molar-refractivity contribution in [3.8, 4) is 0 Å². The number of nitrogens with zero attached hydrogens (tertiary/aromatic N) is 3. The molecule has 0 bridgehead atoms. The van der Waals surface area contributed by atoms with Gasteiger partial charge in [-0.15, -0.1) is 10.2 Å². The molecular formula is C24H27N5O4S. The maximum Gasteiger partial charge on any atom is 0.338 e. The molecule has 2 amide bonds. The predicted molar refractivity (Wildman–Crippen MR) is 130 cm³/mol. The first-order chi connectivity index (χ1) is 16.3. The van der Waals surface area contributed by atoms with Crippen molar-refractivity contribution in [2.24, 2.45) is 7.05 Å². The molecule has 2 N–H and O–H groups in total. The van der Waals surface area contributed by atoms with E-state index in [1.54, 1.807) is 48.9 Å². The van der Waals surface area contributed by atoms with Crippen LogP contribution in [0.5, 0.6) is 0 Å². The van der Waals surface area contributed by atoms with Crippen molar-refractivity contribution in [1.29, 1.82) is 0 Å². The molecule has 0 unspecified atom stereocenters. The maximum absolute atomic E-state index is 12.5. The number of aromatic nitrogens is 3. The second-order valence-corrected chi connectivity index (χ2v) is 8.55. The van der Waals surface area contributed by atoms with Gasteiger partial charge in [0.15, 0.2) is 11.0 Å². The average molecular weight is 482 g/mol. The van der Waals surface area contributed by atoms with Crippen molar-refractivity contribution in [3.63, 3.8) is 0 Å². The molecule has 3 rings (SSSR count). The summed E-state index contributed by atoms with van der Waals surface area (Å²) in [5.74, 6) is -0.219. The highest BCUT2D eigenvalue weighted by Gasteiger charge is 2.19. The number of aryl methyl sites for hydroxylation is 1. The normalized spacial score (nSPS) is 11.5. The maximum atomic E-state index is 12.5. The highest BCUT2D eigenvalue weighted by Crippen LogP contribution is 2.20. The molecule has 0 aliphatic heterocycles. The second kappa shape index (κ2) is 11.5. The summed E-state index contributed by atoms with van der Waals surface area (Å²) >= 11 is 1.22. The number of carbonyl (C=O) groups excluding carboxylic acids is 3. The number of rotatable bonds is 9. The number of nitrogens with one attached hydrogen (secondary N) is 2. The Labute approximate surface area is 202 Å². The molecule has 0 spiro atoms. The molecule has 0 aliphatic carbocycles. The molecule has 0 saturated heterocycles. The van der Waals surface area contributed by atoms with Crippen molar-refractivity contribution >= 4 is 35.2 Å². The molecule has 0 aliphatic rings. The number of anilines is 1. The van der Waals surface area contributed by atoms with E-state index in [1.165, 1.54) is 11.8 Å². The molecule has 0 saturated carbocycles. The number of esters is 1. The summed E-state index contributed by atoms with van der Waals surface area (Å²) in [6, 6.07) is 13.5. The molecule has 34 heavy (non-hydrogen) atoms. The molecule has 178 valence electrons. The fourth-order valence-corrected chi connectivity index (χ4v) is 3.94. The van der Waals surface area contributed by atoms with Crippen LogP contribution in [0.25, 0.3) is 0 Å². The number of thioether (sulfide) groups is 1. The molecule has 1 aromatic heterocycles. The number of hydrogen-bond acceptors (Lipinski definition) is 7. The van der Waals surface area contributed by atoms with Gasteiger partial charge in [0.25, 0.3) is 5.91 Å². The van der Waals surface area contributed by atoms with E-state index in [4.69, 9.17) is 4.74 Å². The highest BCUT2D eigenvalue weighted by molar-refractivity contribution is 7.99. The SMILES string of the molecule is CCOC(=O)c1cccc(NC(=O)CSc2nnc([C@H](C)NC(=O)c3cccc(C)c3)n2C)c1. The zero-order valence-corrected chi connectivity index (χ0v) is 20.3. The third-order valence-corrected chi connectivity index (χ3v) is 5.89. The molecule has 0 fully saturated rings. The summed E-state index contributed by atoms with van der Waals surface area (Å²) < 4.78 is 6.73. The van der Waals surface area contributed by atoms with Gasteiger partial charge in [-0.25, -0.2) is 4.79 Å². The zero-order valence-electron chi connectivity index (χ0n) is 19.5. The summed E-state index contributed by atoms with van der Waals surface area (Å²) in [7, 11) is 1.79. The molecule has 3 aromatic rings. The predicted octanol–water partition coefficient (Wildman–Crippen LogP) is 3.52. The van der Waals surface area contributed by atoms with Gasteiger partial charge in [0.05, 0.1) is 24.0 Å². The van der Waals surface area contributed by atoms with Crippen LogP contribution in [0.4, 0.5) is 5.69 Å². The van der Waals surface area contributed by atoms with Crippen LogP contribution in [0.1, 0.15) is 52.0 Å². The van der Waals surface area contributed by atoms with Crippen molar-refractivity contribution in [3.05, 3.63) is 71.0 Å². The Morgan fingerprint density at radius 1 is 1.09 bits per heavy atom. The fourth-order valence-electron chi connectivity index (χ4n) is 3.23. The van der Waals surface area contributed by atoms with Gasteiger partial charge in [-0.1, -0.05) is 35.5 Å². The monoisotopic (exact) mass is 481 g/mol. The van der Waals surface area contributed by atoms with Gasteiger partial charge < -0.3 is 19.9 Å². The molecule has 1 heterocycles. The van der Waals surface area contributed by atoms with Crippen molar-refractivity contribution in [1.82, 2.24) is 20.1 Å². The lowest BCUT2D eigenvalue weighted by molar-refractivity contribution is -0.113. The van der Waals surface area contributed by atoms with Gasteiger partial charge in [0.1, 0.15) is 0 Å². The lowest BCUT2D eigenvalue weighted by atomic mass is 10.1. The van der Waals surface area contributed by atoms with E-state index >= 15 is 0 Å². The number of ether oxygens (including phenoxy) is 1. The number of carbonyl (C=O) groups is 3. The van der Waals surface area contributed by atoms with Crippen LogP contribution in [0.3, 0.4) is 0 Å². The first-order valence-electron chi connectivity index (χ1n) is 10.7. The summed E-state index contributed by atoms with van der Waals surface area (Å²) in [6.45, 7) is 5.77. The molecule has 0 radical (unpaired) electrons. The van der Waals surface area contributed by atoms with E-state index in [2.05, 4.69) is 20.8 Å². The zero-order chi connectivity index (χ0) is 24.7. The Morgan fingerprint density at radius 3 is 2.56 bits per heavy atom. The Kier molecular flexibility index (Phi) is 8.42. The van der Waals surface area contributed by atoms with E-state index in [1.807, 2.05) is 32.0 Å². The molecule has 10 heteroatoms. The Bertz CT molecular complexity index is 1190. The third kappa shape index (κ3) is 6.44. The average Bonchev–Trinajstić information content (AvgIpc) is 3.18. The third-order valence-electron chi connectivity index (χ3n) is 4.87. The lowest BCUT2D eigenvalue weighted by Crippen LogP contribution is -2.28. The number of hydrogen-bond donors (Lipinski definition) is 2. The van der Waals surface area contributed by atoms with Crippen molar-refractivity contribution in [2.75, 3.05) is 17.7 Å². The van der Waals surface area contributed by atoms with Gasteiger partial charge in [0, 0.05) is 18.3 Å². The van der Waals surface area contributed by atoms with Crippen molar-refractivity contribution in [2.45, 2.75) is 32.0 Å². The molecule has 2 aromatic carbocycles. The Morgan fingerprint density at radius 2 is 1.82 bits per heavy atom. The van der Waals surface area contributed by atoms with Crippen LogP contribution < -0.4 is 10.6 Å². The first kappa shape index (κ1) is 25.0. The van der Waals surface area contributed by atoms with E-state index < -0.39 is 5.97 Å². The standard InChI is InChI=1S/C24H27N5O4S/c1-5-33-23(32)18-10-7-11-19(13-18)26-20(30)14-34-24-28-27-21(29(24)4)16(3)25-22(31)17-9-6-8-15(2)12-17/h6-13,16H,5,14H2,1-4H3,(H,25,31)(H,26,30)/t16-/m0/s1. The van der Waals surface area contributed by atoms with E-state index in [9.17, 15) is 14.4 Å². The first-order valence-corrected chi connectivity index (χ1v) is 11.7. The minimum atomic E-state index is -0.441. The van der Waals surface area contributed by atoms with Crippen LogP contribution in [0, 0.1) is 6.92 Å². The molecular weight excluding hydrogens is 454 g/mol. The number of amides is 2. The smallest absolute Gasteiger partial charge is 0.338 e. The van der Waals surface area contributed by atoms with E-state index in [0.717, 1.165) is 5.56 Å². The van der Waals surface area contributed by atoms with Gasteiger partial charge in [0.2, 0.25) is 5.91 Å². The van der Waals surface area contributed by atoms with Gasteiger partial charge >= 0.3 is 5.97 Å². The summed E-state index contributed by atoms with van der Waals surface area (Å²) in [4.78, 5) is 36.8. The van der Waals surface area contributed by atoms with Crippen LogP contribution in [-0.2, 0) is 16.6 Å². The van der Waals surface area contributed by atoms with Crippen LogP contribution in [0.15, 0.2) is 53.7 Å². The van der Waals surface area contributed by atoms with Gasteiger partial charge in [-0.3, -0.25) is 9.59 Å². The quantitative estimate of drug-likeness (QED) is 0.355. The van der Waals surface area contributed by atoms with Gasteiger partial charge in [-0.05, 0) is 51.1 Å². The highest BCUT2D eigenvalue weighted by atomic mass is 32.2. The number of benzene rings is 2. The van der Waals surface area contributed by atoms with Crippen LogP contribution in [0.2, 0.25) is 0 Å². The minimum Gasteiger partial charge on any atom is -0.462 e. The van der Waals surface area contributed by atoms with Crippen LogP contribution >= 0.6 is 11.8 Å². The Hall–Kier alpha value is -3.66. The largest absolute Gasteiger partial charge is 0.462 e. The van der Waals surface area contributed by atoms with E-state index in [0.29, 0.717) is 27.8 Å². The summed E-state index contributed by atoms with van der Waals surface area (Å²) in [5, 5.41) is 14.6. The molecule has 1 atom stereocenters. The lowest BCUT2D eigenvalue weighted by Gasteiger charge is -2.14. The second-order valence-electron chi connectivity index (χ2n) is 7.60. The minimum absolute atomic E-state index is 0.0969. The summed E-state index contributed by atoms with van der Waals surface area (Å²) in [6.07, 6.45) is 0. The van der Waals surface area contributed by atoms with E-state index in [-0.39, 0.29) is 30.2 Å². The molecule has 9 nitrogen and oxygen atoms in total. The van der Waals surface area contributed by atoms with Crippen molar-refractivity contribution < 1.29 is 19.1 Å². The summed E-state index contributed by atoms with van der Waals surface area (Å²) in [5.41, 5.74) is 2.45. The topological polar surface area (TPSA) is 115 Å². The fraction of sp³-hybridized carbons (Fsp3) is 0.292. The van der Waals surface area contributed by atoms with Crippen LogP contribution in [-0.4, -0.2) is 44.9 Å². The van der Waals surface area contributed by atoms with Gasteiger partial charge in [-0.2, -0.15) is 0 Å². The Balaban J connectivity index is 1.57.